The number of carbonyl (C=O) groups excluding carboxylic acids is 3. The van der Waals surface area contributed by atoms with Gasteiger partial charge in [-0.1, -0.05) is 222 Å². The summed E-state index contributed by atoms with van der Waals surface area (Å²) in [5, 5.41) is 0. The van der Waals surface area contributed by atoms with Crippen molar-refractivity contribution in [3.63, 3.8) is 0 Å². The number of hydrogen-bond donors (Lipinski definition) is 0. The molecule has 0 saturated heterocycles. The molecular weight excluding hydrogens is 793 g/mol. The van der Waals surface area contributed by atoms with Gasteiger partial charge in [0, 0.05) is 19.3 Å². The van der Waals surface area contributed by atoms with Crippen molar-refractivity contribution in [2.45, 2.75) is 264 Å². The van der Waals surface area contributed by atoms with Crippen LogP contribution in [0, 0.1) is 0 Å². The first kappa shape index (κ1) is 60.9. The third-order valence-electron chi connectivity index (χ3n) is 11.4. The van der Waals surface area contributed by atoms with E-state index in [2.05, 4.69) is 93.7 Å². The molecule has 0 N–H and O–H groups in total. The lowest BCUT2D eigenvalue weighted by atomic mass is 10.1. The van der Waals surface area contributed by atoms with Crippen molar-refractivity contribution >= 4 is 17.9 Å². The molecule has 0 amide bonds. The second-order valence-corrected chi connectivity index (χ2v) is 17.8. The standard InChI is InChI=1S/C58H100O6/c1-4-7-10-13-16-19-21-23-25-27-28-29-30-32-33-35-37-39-42-45-48-51-57(60)63-54-55(53-62-56(59)50-47-44-41-18-15-12-9-6-3)64-58(61)52-49-46-43-40-38-36-34-31-26-24-22-20-17-14-11-8-5-2/h7,10,16-17,19-20,23-26,28-29,55H,4-6,8-9,11-15,18,21-22,27,30-54H2,1-3H3/b10-7-,19-16-,20-17-,25-23-,26-24-,29-28-. The number of allylic oxidation sites excluding steroid dienone is 12. The maximum atomic E-state index is 12.8. The zero-order valence-electron chi connectivity index (χ0n) is 42.0. The van der Waals surface area contributed by atoms with Gasteiger partial charge >= 0.3 is 17.9 Å². The SMILES string of the molecule is CC/C=C\C/C=C\C/C=C\C/C=C\CCCCCCCCCCC(=O)OCC(COC(=O)CCCCCCCCCC)OC(=O)CCCCCCCCC/C=C\C/C=C\CCCCC. The molecule has 368 valence electrons. The first-order chi connectivity index (χ1) is 31.5. The first-order valence-electron chi connectivity index (χ1n) is 26.9. The van der Waals surface area contributed by atoms with E-state index in [9.17, 15) is 14.4 Å². The van der Waals surface area contributed by atoms with E-state index in [0.717, 1.165) is 103 Å². The molecule has 0 bridgehead atoms. The first-order valence-corrected chi connectivity index (χ1v) is 26.9. The van der Waals surface area contributed by atoms with Crippen molar-refractivity contribution in [1.82, 2.24) is 0 Å². The minimum absolute atomic E-state index is 0.0801. The molecule has 1 unspecified atom stereocenters. The maximum Gasteiger partial charge on any atom is 0.306 e. The third kappa shape index (κ3) is 49.9. The van der Waals surface area contributed by atoms with Gasteiger partial charge in [0.25, 0.3) is 0 Å². The third-order valence-corrected chi connectivity index (χ3v) is 11.4. The summed E-state index contributed by atoms with van der Waals surface area (Å²) in [5.74, 6) is -0.897. The normalized spacial score (nSPS) is 12.6. The van der Waals surface area contributed by atoms with Gasteiger partial charge in [-0.2, -0.15) is 0 Å². The molecule has 0 aliphatic rings. The summed E-state index contributed by atoms with van der Waals surface area (Å²) < 4.78 is 16.8. The van der Waals surface area contributed by atoms with E-state index in [1.54, 1.807) is 0 Å². The fourth-order valence-corrected chi connectivity index (χ4v) is 7.40. The highest BCUT2D eigenvalue weighted by atomic mass is 16.6. The molecule has 0 saturated carbocycles. The summed E-state index contributed by atoms with van der Waals surface area (Å²) >= 11 is 0. The summed E-state index contributed by atoms with van der Waals surface area (Å²) in [6.07, 6.45) is 66.1. The minimum atomic E-state index is -0.780. The quantitative estimate of drug-likeness (QED) is 0.0262. The topological polar surface area (TPSA) is 78.9 Å². The van der Waals surface area contributed by atoms with Gasteiger partial charge in [0.2, 0.25) is 0 Å². The van der Waals surface area contributed by atoms with E-state index in [1.807, 2.05) is 0 Å². The van der Waals surface area contributed by atoms with Crippen LogP contribution in [0.25, 0.3) is 0 Å². The van der Waals surface area contributed by atoms with Gasteiger partial charge in [0.15, 0.2) is 6.10 Å². The van der Waals surface area contributed by atoms with Crippen molar-refractivity contribution in [2.24, 2.45) is 0 Å². The Labute approximate surface area is 395 Å². The molecule has 0 heterocycles. The smallest absolute Gasteiger partial charge is 0.306 e. The lowest BCUT2D eigenvalue weighted by molar-refractivity contribution is -0.167. The van der Waals surface area contributed by atoms with Gasteiger partial charge < -0.3 is 14.2 Å². The van der Waals surface area contributed by atoms with Crippen molar-refractivity contribution in [1.29, 1.82) is 0 Å². The highest BCUT2D eigenvalue weighted by Crippen LogP contribution is 2.15. The number of hydrogen-bond acceptors (Lipinski definition) is 6. The van der Waals surface area contributed by atoms with Crippen molar-refractivity contribution in [2.75, 3.05) is 13.2 Å². The van der Waals surface area contributed by atoms with E-state index < -0.39 is 6.10 Å². The average Bonchev–Trinajstić information content (AvgIpc) is 3.29. The molecule has 0 aliphatic heterocycles. The number of esters is 3. The van der Waals surface area contributed by atoms with Gasteiger partial charge in [-0.15, -0.1) is 0 Å². The number of carbonyl (C=O) groups is 3. The van der Waals surface area contributed by atoms with Crippen molar-refractivity contribution in [3.8, 4) is 0 Å². The molecule has 0 aliphatic carbocycles. The van der Waals surface area contributed by atoms with Crippen LogP contribution in [0.5, 0.6) is 0 Å². The van der Waals surface area contributed by atoms with E-state index in [1.165, 1.54) is 116 Å². The Morgan fingerprint density at radius 3 is 0.984 bits per heavy atom. The van der Waals surface area contributed by atoms with Crippen molar-refractivity contribution < 1.29 is 28.6 Å². The number of rotatable bonds is 48. The molecule has 0 radical (unpaired) electrons. The molecule has 0 spiro atoms. The van der Waals surface area contributed by atoms with Gasteiger partial charge in [-0.25, -0.2) is 0 Å². The molecule has 6 heteroatoms. The monoisotopic (exact) mass is 893 g/mol. The Kier molecular flexibility index (Phi) is 49.9. The molecule has 0 aromatic rings. The lowest BCUT2D eigenvalue weighted by Crippen LogP contribution is -2.30. The van der Waals surface area contributed by atoms with Crippen LogP contribution in [-0.4, -0.2) is 37.2 Å². The average molecular weight is 893 g/mol. The molecular formula is C58H100O6. The fourth-order valence-electron chi connectivity index (χ4n) is 7.40. The van der Waals surface area contributed by atoms with Crippen LogP contribution in [0.3, 0.4) is 0 Å². The summed E-state index contributed by atoms with van der Waals surface area (Å²) in [6, 6.07) is 0. The van der Waals surface area contributed by atoms with Crippen LogP contribution in [0.15, 0.2) is 72.9 Å². The van der Waals surface area contributed by atoms with Crippen LogP contribution < -0.4 is 0 Å². The Morgan fingerprint density at radius 2 is 0.609 bits per heavy atom. The van der Waals surface area contributed by atoms with Crippen LogP contribution in [0.2, 0.25) is 0 Å². The largest absolute Gasteiger partial charge is 0.462 e. The summed E-state index contributed by atoms with van der Waals surface area (Å²) in [7, 11) is 0. The minimum Gasteiger partial charge on any atom is -0.462 e. The van der Waals surface area contributed by atoms with Gasteiger partial charge in [0.05, 0.1) is 0 Å². The molecule has 0 fully saturated rings. The van der Waals surface area contributed by atoms with E-state index in [-0.39, 0.29) is 31.1 Å². The molecule has 1 atom stereocenters. The molecule has 0 aromatic carbocycles. The predicted octanol–water partition coefficient (Wildman–Crippen LogP) is 17.8. The lowest BCUT2D eigenvalue weighted by Gasteiger charge is -2.18. The van der Waals surface area contributed by atoms with Crippen LogP contribution >= 0.6 is 0 Å². The number of unbranched alkanes of at least 4 members (excludes halogenated alkanes) is 25. The predicted molar refractivity (Wildman–Crippen MR) is 274 cm³/mol. The van der Waals surface area contributed by atoms with E-state index >= 15 is 0 Å². The van der Waals surface area contributed by atoms with Gasteiger partial charge in [-0.05, 0) is 89.9 Å². The second-order valence-electron chi connectivity index (χ2n) is 17.8. The van der Waals surface area contributed by atoms with E-state index in [0.29, 0.717) is 19.3 Å². The summed E-state index contributed by atoms with van der Waals surface area (Å²) in [5.41, 5.74) is 0. The Morgan fingerprint density at radius 1 is 0.328 bits per heavy atom. The van der Waals surface area contributed by atoms with E-state index in [4.69, 9.17) is 14.2 Å². The highest BCUT2D eigenvalue weighted by Gasteiger charge is 2.19. The second kappa shape index (κ2) is 52.5. The summed E-state index contributed by atoms with van der Waals surface area (Å²) in [6.45, 7) is 6.47. The molecule has 64 heavy (non-hydrogen) atoms. The van der Waals surface area contributed by atoms with Crippen LogP contribution in [-0.2, 0) is 28.6 Å². The molecule has 0 rings (SSSR count). The Balaban J connectivity index is 4.29. The Hall–Kier alpha value is -3.15. The molecule has 6 nitrogen and oxygen atoms in total. The maximum absolute atomic E-state index is 12.8. The Bertz CT molecular complexity index is 1210. The van der Waals surface area contributed by atoms with Gasteiger partial charge in [0.1, 0.15) is 13.2 Å². The fraction of sp³-hybridized carbons (Fsp3) is 0.741. The van der Waals surface area contributed by atoms with Crippen LogP contribution in [0.1, 0.15) is 258 Å². The highest BCUT2D eigenvalue weighted by molar-refractivity contribution is 5.71. The molecule has 0 aromatic heterocycles. The van der Waals surface area contributed by atoms with Crippen molar-refractivity contribution in [3.05, 3.63) is 72.9 Å². The zero-order valence-corrected chi connectivity index (χ0v) is 42.0. The van der Waals surface area contributed by atoms with Gasteiger partial charge in [-0.3, -0.25) is 14.4 Å². The zero-order chi connectivity index (χ0) is 46.5. The summed E-state index contributed by atoms with van der Waals surface area (Å²) in [4.78, 5) is 37.9. The van der Waals surface area contributed by atoms with Crippen LogP contribution in [0.4, 0.5) is 0 Å². The number of ether oxygens (including phenoxy) is 3.